The number of sulfonamides is 1. The van der Waals surface area contributed by atoms with Gasteiger partial charge in [0.2, 0.25) is 10.0 Å². The first-order valence-corrected chi connectivity index (χ1v) is 8.29. The molecule has 0 unspecified atom stereocenters. The fourth-order valence-electron chi connectivity index (χ4n) is 3.83. The monoisotopic (exact) mass is 273 g/mol. The topological polar surface area (TPSA) is 63.2 Å². The highest BCUT2D eigenvalue weighted by atomic mass is 32.2. The minimum absolute atomic E-state index is 0.0412. The van der Waals surface area contributed by atoms with E-state index in [2.05, 4.69) is 18.6 Å². The largest absolute Gasteiger partial charge is 0.299 e. The second-order valence-corrected chi connectivity index (χ2v) is 8.45. The second-order valence-electron chi connectivity index (χ2n) is 6.70. The molecule has 2 aliphatic carbocycles. The quantitative estimate of drug-likeness (QED) is 0.848. The van der Waals surface area contributed by atoms with Gasteiger partial charge >= 0.3 is 0 Å². The molecule has 5 heteroatoms. The Kier molecular flexibility index (Phi) is 3.14. The zero-order valence-electron chi connectivity index (χ0n) is 11.6. The van der Waals surface area contributed by atoms with Crippen molar-refractivity contribution < 1.29 is 13.2 Å². The summed E-state index contributed by atoms with van der Waals surface area (Å²) in [5, 5.41) is 0. The number of nitrogens with one attached hydrogen (secondary N) is 1. The number of hydrogen-bond acceptors (Lipinski definition) is 3. The molecule has 0 saturated heterocycles. The lowest BCUT2D eigenvalue weighted by Crippen LogP contribution is -2.46. The molecule has 0 radical (unpaired) electrons. The SMILES string of the molecule is CC(C)NS(=O)(=O)C[C@]12CC[C@@H](CC1=O)C2(C)C. The van der Waals surface area contributed by atoms with Gasteiger partial charge in [0.1, 0.15) is 5.78 Å². The predicted octanol–water partition coefficient (Wildman–Crippen LogP) is 1.71. The third-order valence-electron chi connectivity index (χ3n) is 4.99. The van der Waals surface area contributed by atoms with Crippen LogP contribution >= 0.6 is 0 Å². The zero-order valence-corrected chi connectivity index (χ0v) is 12.4. The van der Waals surface area contributed by atoms with E-state index in [1.54, 1.807) is 13.8 Å². The Hall–Kier alpha value is -0.420. The third kappa shape index (κ3) is 1.92. The lowest BCUT2D eigenvalue weighted by molar-refractivity contribution is -0.128. The molecule has 0 aromatic rings. The molecule has 2 saturated carbocycles. The second kappa shape index (κ2) is 4.04. The minimum Gasteiger partial charge on any atom is -0.299 e. The van der Waals surface area contributed by atoms with Crippen molar-refractivity contribution in [2.24, 2.45) is 16.7 Å². The normalized spacial score (nSPS) is 34.5. The molecule has 2 aliphatic rings. The molecular weight excluding hydrogens is 250 g/mol. The van der Waals surface area contributed by atoms with E-state index in [0.29, 0.717) is 12.3 Å². The highest BCUT2D eigenvalue weighted by molar-refractivity contribution is 7.89. The van der Waals surface area contributed by atoms with Crippen LogP contribution in [-0.4, -0.2) is 26.0 Å². The molecule has 104 valence electrons. The minimum atomic E-state index is -3.38. The van der Waals surface area contributed by atoms with Gasteiger partial charge < -0.3 is 0 Å². The summed E-state index contributed by atoms with van der Waals surface area (Å²) in [6, 6.07) is -0.122. The van der Waals surface area contributed by atoms with Gasteiger partial charge in [0.05, 0.1) is 5.75 Å². The molecule has 0 heterocycles. The molecule has 2 atom stereocenters. The van der Waals surface area contributed by atoms with Crippen LogP contribution in [0.1, 0.15) is 47.0 Å². The van der Waals surface area contributed by atoms with Crippen LogP contribution in [0.2, 0.25) is 0 Å². The van der Waals surface area contributed by atoms with Crippen LogP contribution in [0.25, 0.3) is 0 Å². The molecule has 2 bridgehead atoms. The highest BCUT2D eigenvalue weighted by Crippen LogP contribution is 2.64. The fourth-order valence-corrected chi connectivity index (χ4v) is 5.96. The lowest BCUT2D eigenvalue weighted by atomic mass is 9.70. The van der Waals surface area contributed by atoms with Crippen LogP contribution in [0.4, 0.5) is 0 Å². The number of carbonyl (C=O) groups excluding carboxylic acids is 1. The Labute approximate surface area is 110 Å². The maximum Gasteiger partial charge on any atom is 0.212 e. The van der Waals surface area contributed by atoms with Crippen molar-refractivity contribution in [1.82, 2.24) is 4.72 Å². The molecule has 2 fully saturated rings. The number of ketones is 1. The smallest absolute Gasteiger partial charge is 0.212 e. The zero-order chi connectivity index (χ0) is 13.8. The van der Waals surface area contributed by atoms with Gasteiger partial charge in [-0.25, -0.2) is 13.1 Å². The van der Waals surface area contributed by atoms with Crippen LogP contribution in [0.3, 0.4) is 0 Å². The van der Waals surface area contributed by atoms with Gasteiger partial charge in [0.25, 0.3) is 0 Å². The molecule has 1 N–H and O–H groups in total. The lowest BCUT2D eigenvalue weighted by Gasteiger charge is -2.36. The van der Waals surface area contributed by atoms with Crippen molar-refractivity contribution in [2.75, 3.05) is 5.75 Å². The van der Waals surface area contributed by atoms with Crippen molar-refractivity contribution in [2.45, 2.75) is 53.0 Å². The van der Waals surface area contributed by atoms with Crippen LogP contribution in [0, 0.1) is 16.7 Å². The first-order chi connectivity index (χ1) is 8.11. The van der Waals surface area contributed by atoms with Gasteiger partial charge in [-0.05, 0) is 38.0 Å². The molecule has 18 heavy (non-hydrogen) atoms. The van der Waals surface area contributed by atoms with Crippen LogP contribution in [0.15, 0.2) is 0 Å². The van der Waals surface area contributed by atoms with Gasteiger partial charge in [-0.15, -0.1) is 0 Å². The van der Waals surface area contributed by atoms with Gasteiger partial charge in [-0.2, -0.15) is 0 Å². The summed E-state index contributed by atoms with van der Waals surface area (Å²) in [5.74, 6) is 0.470. The molecule has 0 aromatic carbocycles. The van der Waals surface area contributed by atoms with Gasteiger partial charge in [0.15, 0.2) is 0 Å². The maximum atomic E-state index is 12.2. The Morgan fingerprint density at radius 2 is 2.00 bits per heavy atom. The van der Waals surface area contributed by atoms with Gasteiger partial charge in [0, 0.05) is 17.9 Å². The first-order valence-electron chi connectivity index (χ1n) is 6.64. The van der Waals surface area contributed by atoms with E-state index in [0.717, 1.165) is 12.8 Å². The van der Waals surface area contributed by atoms with E-state index in [-0.39, 0.29) is 23.0 Å². The number of fused-ring (bicyclic) bond motifs is 2. The summed E-state index contributed by atoms with van der Waals surface area (Å²) in [7, 11) is -3.38. The van der Waals surface area contributed by atoms with Gasteiger partial charge in [-0.3, -0.25) is 4.79 Å². The molecule has 0 aromatic heterocycles. The van der Waals surface area contributed by atoms with Crippen molar-refractivity contribution in [3.05, 3.63) is 0 Å². The van der Waals surface area contributed by atoms with Gasteiger partial charge in [-0.1, -0.05) is 13.8 Å². The summed E-state index contributed by atoms with van der Waals surface area (Å²) < 4.78 is 26.9. The van der Waals surface area contributed by atoms with Crippen molar-refractivity contribution in [3.8, 4) is 0 Å². The standard InChI is InChI=1S/C13H23NO3S/c1-9(2)14-18(16,17)8-13-6-5-10(7-11(13)15)12(13,3)4/h9-10,14H,5-8H2,1-4H3/t10-,13+/m0/s1. The third-order valence-corrected chi connectivity index (χ3v) is 6.69. The number of rotatable bonds is 4. The molecule has 0 spiro atoms. The molecule has 0 amide bonds. The molecule has 0 aliphatic heterocycles. The molecule has 4 nitrogen and oxygen atoms in total. The van der Waals surface area contributed by atoms with E-state index in [1.165, 1.54) is 0 Å². The predicted molar refractivity (Wildman–Crippen MR) is 70.6 cm³/mol. The summed E-state index contributed by atoms with van der Waals surface area (Å²) >= 11 is 0. The fraction of sp³-hybridized carbons (Fsp3) is 0.923. The number of hydrogen-bond donors (Lipinski definition) is 1. The Bertz CT molecular complexity index is 467. The Balaban J connectivity index is 2.30. The molecular formula is C13H23NO3S. The average Bonchev–Trinajstić information content (AvgIpc) is 2.48. The average molecular weight is 273 g/mol. The summed E-state index contributed by atoms with van der Waals surface area (Å²) in [5.41, 5.74) is -0.839. The number of Topliss-reactive ketones (excluding diaryl/α,β-unsaturated/α-hetero) is 1. The maximum absolute atomic E-state index is 12.2. The van der Waals surface area contributed by atoms with Crippen molar-refractivity contribution in [3.63, 3.8) is 0 Å². The first kappa shape index (κ1) is 14.0. The Morgan fingerprint density at radius 1 is 1.39 bits per heavy atom. The van der Waals surface area contributed by atoms with Crippen LogP contribution < -0.4 is 4.72 Å². The van der Waals surface area contributed by atoms with Crippen molar-refractivity contribution in [1.29, 1.82) is 0 Å². The van der Waals surface area contributed by atoms with Crippen LogP contribution in [-0.2, 0) is 14.8 Å². The van der Waals surface area contributed by atoms with E-state index in [1.807, 2.05) is 0 Å². The van der Waals surface area contributed by atoms with E-state index < -0.39 is 15.4 Å². The summed E-state index contributed by atoms with van der Waals surface area (Å²) in [6.07, 6.45) is 2.27. The molecule has 2 rings (SSSR count). The van der Waals surface area contributed by atoms with Crippen molar-refractivity contribution >= 4 is 15.8 Å². The summed E-state index contributed by atoms with van der Waals surface area (Å²) in [4.78, 5) is 12.2. The highest BCUT2D eigenvalue weighted by Gasteiger charge is 2.65. The van der Waals surface area contributed by atoms with E-state index in [9.17, 15) is 13.2 Å². The summed E-state index contributed by atoms with van der Waals surface area (Å²) in [6.45, 7) is 7.71. The van der Waals surface area contributed by atoms with E-state index >= 15 is 0 Å². The Morgan fingerprint density at radius 3 is 2.39 bits per heavy atom. The van der Waals surface area contributed by atoms with Crippen LogP contribution in [0.5, 0.6) is 0 Å². The number of carbonyl (C=O) groups is 1. The van der Waals surface area contributed by atoms with E-state index in [4.69, 9.17) is 0 Å².